The van der Waals surface area contributed by atoms with Gasteiger partial charge >= 0.3 is 6.09 Å². The molecule has 1 aliphatic heterocycles. The molecule has 0 unspecified atom stereocenters. The monoisotopic (exact) mass is 385 g/mol. The summed E-state index contributed by atoms with van der Waals surface area (Å²) < 4.78 is 11.9. The standard InChI is InChI=1S/C20H39NO4Si/c1-10-11-12-15-13-17(22)21(18(23)25-19(2,3)4)16(15)14-24-26(8,9)20(5,6)7/h15-16H,10-14H2,1-9H3/t15-,16+/m0/s1. The third-order valence-electron chi connectivity index (χ3n) is 5.52. The van der Waals surface area contributed by atoms with Gasteiger partial charge in [0.15, 0.2) is 8.32 Å². The number of hydrogen-bond acceptors (Lipinski definition) is 4. The van der Waals surface area contributed by atoms with E-state index in [1.807, 2.05) is 20.8 Å². The fourth-order valence-corrected chi connectivity index (χ4v) is 3.90. The number of hydrogen-bond donors (Lipinski definition) is 0. The second-order valence-electron chi connectivity index (χ2n) is 9.99. The predicted octanol–water partition coefficient (Wildman–Crippen LogP) is 5.35. The minimum Gasteiger partial charge on any atom is -0.443 e. The van der Waals surface area contributed by atoms with Crippen molar-refractivity contribution in [2.45, 2.75) is 104 Å². The first-order valence-corrected chi connectivity index (χ1v) is 12.8. The SMILES string of the molecule is CCCC[C@H]1CC(=O)N(C(=O)OC(C)(C)C)[C@@H]1CO[Si](C)(C)C(C)(C)C. The summed E-state index contributed by atoms with van der Waals surface area (Å²) in [6.45, 7) is 19.0. The molecule has 0 N–H and O–H groups in total. The molecule has 1 fully saturated rings. The quantitative estimate of drug-likeness (QED) is 0.578. The molecular weight excluding hydrogens is 346 g/mol. The Labute approximate surface area is 160 Å². The summed E-state index contributed by atoms with van der Waals surface area (Å²) in [6.07, 6.45) is 2.94. The average Bonchev–Trinajstić information content (AvgIpc) is 2.75. The van der Waals surface area contributed by atoms with Crippen LogP contribution in [0.1, 0.15) is 74.1 Å². The fourth-order valence-electron chi connectivity index (χ4n) is 2.88. The molecule has 0 radical (unpaired) electrons. The van der Waals surface area contributed by atoms with Gasteiger partial charge in [-0.2, -0.15) is 0 Å². The highest BCUT2D eigenvalue weighted by Crippen LogP contribution is 2.38. The maximum Gasteiger partial charge on any atom is 0.417 e. The van der Waals surface area contributed by atoms with Crippen molar-refractivity contribution in [3.05, 3.63) is 0 Å². The molecule has 1 rings (SSSR count). The van der Waals surface area contributed by atoms with Crippen LogP contribution >= 0.6 is 0 Å². The van der Waals surface area contributed by atoms with E-state index >= 15 is 0 Å². The van der Waals surface area contributed by atoms with Crippen LogP contribution in [0.4, 0.5) is 4.79 Å². The molecule has 1 aliphatic rings. The highest BCUT2D eigenvalue weighted by atomic mass is 28.4. The van der Waals surface area contributed by atoms with Crippen LogP contribution in [0.15, 0.2) is 0 Å². The number of rotatable bonds is 6. The van der Waals surface area contributed by atoms with Gasteiger partial charge in [-0.05, 0) is 51.2 Å². The lowest BCUT2D eigenvalue weighted by molar-refractivity contribution is -0.128. The van der Waals surface area contributed by atoms with Crippen LogP contribution in [0.25, 0.3) is 0 Å². The summed E-state index contributed by atoms with van der Waals surface area (Å²) >= 11 is 0. The molecule has 0 spiro atoms. The normalized spacial score (nSPS) is 22.0. The third-order valence-corrected chi connectivity index (χ3v) is 10.0. The summed E-state index contributed by atoms with van der Waals surface area (Å²) in [6, 6.07) is -0.224. The van der Waals surface area contributed by atoms with Crippen molar-refractivity contribution in [3.63, 3.8) is 0 Å². The number of unbranched alkanes of at least 4 members (excludes halogenated alkanes) is 1. The average molecular weight is 386 g/mol. The van der Waals surface area contributed by atoms with Gasteiger partial charge in [0.2, 0.25) is 5.91 Å². The molecule has 0 aromatic heterocycles. The Morgan fingerprint density at radius 3 is 2.23 bits per heavy atom. The van der Waals surface area contributed by atoms with Crippen LogP contribution in [0, 0.1) is 5.92 Å². The third kappa shape index (κ3) is 6.08. The van der Waals surface area contributed by atoms with Crippen LogP contribution in [-0.2, 0) is 14.0 Å². The molecule has 2 atom stereocenters. The molecule has 6 heteroatoms. The summed E-state index contributed by atoms with van der Waals surface area (Å²) in [7, 11) is -1.96. The van der Waals surface area contributed by atoms with Gasteiger partial charge in [0.05, 0.1) is 12.6 Å². The van der Waals surface area contributed by atoms with Crippen molar-refractivity contribution >= 4 is 20.3 Å². The zero-order valence-electron chi connectivity index (χ0n) is 18.3. The second kappa shape index (κ2) is 8.42. The van der Waals surface area contributed by atoms with E-state index in [4.69, 9.17) is 9.16 Å². The first-order valence-electron chi connectivity index (χ1n) is 9.88. The lowest BCUT2D eigenvalue weighted by Gasteiger charge is -2.38. The van der Waals surface area contributed by atoms with Gasteiger partial charge < -0.3 is 9.16 Å². The number of likely N-dealkylation sites (tertiary alicyclic amines) is 1. The van der Waals surface area contributed by atoms with Gasteiger partial charge in [0.1, 0.15) is 5.60 Å². The zero-order chi connectivity index (χ0) is 20.3. The van der Waals surface area contributed by atoms with Gasteiger partial charge in [-0.15, -0.1) is 0 Å². The number of imide groups is 1. The lowest BCUT2D eigenvalue weighted by atomic mass is 9.94. The molecule has 0 saturated carbocycles. The van der Waals surface area contributed by atoms with E-state index < -0.39 is 20.0 Å². The Balaban J connectivity index is 2.99. The Bertz CT molecular complexity index is 505. The molecule has 26 heavy (non-hydrogen) atoms. The van der Waals surface area contributed by atoms with Gasteiger partial charge in [-0.25, -0.2) is 9.69 Å². The fraction of sp³-hybridized carbons (Fsp3) is 0.900. The highest BCUT2D eigenvalue weighted by molar-refractivity contribution is 6.74. The second-order valence-corrected chi connectivity index (χ2v) is 14.8. The summed E-state index contributed by atoms with van der Waals surface area (Å²) in [5.74, 6) is 0.0175. The summed E-state index contributed by atoms with van der Waals surface area (Å²) in [5.41, 5.74) is -0.621. The molecular formula is C20H39NO4Si. The molecule has 5 nitrogen and oxygen atoms in total. The topological polar surface area (TPSA) is 55.8 Å². The molecule has 0 bridgehead atoms. The predicted molar refractivity (Wildman–Crippen MR) is 108 cm³/mol. The molecule has 1 heterocycles. The van der Waals surface area contributed by atoms with Gasteiger partial charge in [-0.3, -0.25) is 4.79 Å². The number of ether oxygens (including phenoxy) is 1. The van der Waals surface area contributed by atoms with Crippen LogP contribution in [0.3, 0.4) is 0 Å². The molecule has 152 valence electrons. The van der Waals surface area contributed by atoms with Crippen LogP contribution in [0.5, 0.6) is 0 Å². The number of nitrogens with zero attached hydrogens (tertiary/aromatic N) is 1. The number of amides is 2. The summed E-state index contributed by atoms with van der Waals surface area (Å²) in [5, 5.41) is 0.0886. The van der Waals surface area contributed by atoms with E-state index in [0.717, 1.165) is 19.3 Å². The van der Waals surface area contributed by atoms with Crippen molar-refractivity contribution in [2.24, 2.45) is 5.92 Å². The van der Waals surface area contributed by atoms with Crippen molar-refractivity contribution < 1.29 is 18.8 Å². The van der Waals surface area contributed by atoms with Gasteiger partial charge in [0.25, 0.3) is 0 Å². The smallest absolute Gasteiger partial charge is 0.417 e. The van der Waals surface area contributed by atoms with Crippen LogP contribution < -0.4 is 0 Å². The maximum atomic E-state index is 12.7. The maximum absolute atomic E-state index is 12.7. The molecule has 0 aromatic rings. The number of carbonyl (C=O) groups is 2. The first-order chi connectivity index (χ1) is 11.7. The van der Waals surface area contributed by atoms with Crippen molar-refractivity contribution in [1.29, 1.82) is 0 Å². The highest BCUT2D eigenvalue weighted by Gasteiger charge is 2.46. The van der Waals surface area contributed by atoms with E-state index in [9.17, 15) is 9.59 Å². The largest absolute Gasteiger partial charge is 0.443 e. The van der Waals surface area contributed by atoms with E-state index in [0.29, 0.717) is 13.0 Å². The van der Waals surface area contributed by atoms with Crippen LogP contribution in [-0.4, -0.2) is 43.5 Å². The first kappa shape index (κ1) is 23.2. The molecule has 1 saturated heterocycles. The summed E-state index contributed by atoms with van der Waals surface area (Å²) in [4.78, 5) is 26.6. The Hall–Kier alpha value is -0.883. The molecule has 0 aromatic carbocycles. The minimum absolute atomic E-state index is 0.0886. The van der Waals surface area contributed by atoms with E-state index in [-0.39, 0.29) is 22.9 Å². The zero-order valence-corrected chi connectivity index (χ0v) is 19.3. The van der Waals surface area contributed by atoms with E-state index in [1.54, 1.807) is 0 Å². The van der Waals surface area contributed by atoms with Crippen molar-refractivity contribution in [1.82, 2.24) is 4.90 Å². The number of carbonyl (C=O) groups excluding carboxylic acids is 2. The minimum atomic E-state index is -1.96. The Morgan fingerprint density at radius 1 is 1.19 bits per heavy atom. The van der Waals surface area contributed by atoms with Gasteiger partial charge in [0, 0.05) is 6.42 Å². The van der Waals surface area contributed by atoms with Crippen molar-refractivity contribution in [2.75, 3.05) is 6.61 Å². The van der Waals surface area contributed by atoms with Gasteiger partial charge in [-0.1, -0.05) is 40.5 Å². The Kier molecular flexibility index (Phi) is 7.50. The lowest BCUT2D eigenvalue weighted by Crippen LogP contribution is -2.49. The van der Waals surface area contributed by atoms with E-state index in [2.05, 4.69) is 40.8 Å². The molecule has 2 amide bonds. The van der Waals surface area contributed by atoms with Crippen LogP contribution in [0.2, 0.25) is 18.1 Å². The van der Waals surface area contributed by atoms with Crippen molar-refractivity contribution in [3.8, 4) is 0 Å². The Morgan fingerprint density at radius 2 is 1.77 bits per heavy atom. The molecule has 0 aliphatic carbocycles. The van der Waals surface area contributed by atoms with E-state index in [1.165, 1.54) is 4.90 Å².